The Morgan fingerprint density at radius 3 is 2.81 bits per heavy atom. The van der Waals surface area contributed by atoms with Gasteiger partial charge in [0.25, 0.3) is 5.91 Å². The monoisotopic (exact) mass is 365 g/mol. The topological polar surface area (TPSA) is 29.1 Å². The molecule has 1 aliphatic carbocycles. The number of nitrogens with one attached hydrogen (secondary N) is 1. The van der Waals surface area contributed by atoms with Crippen molar-refractivity contribution in [3.63, 3.8) is 0 Å². The zero-order valence-electron chi connectivity index (χ0n) is 8.93. The Hall–Kier alpha value is 0.130. The van der Waals surface area contributed by atoms with Crippen molar-refractivity contribution in [2.75, 3.05) is 6.54 Å². The molecular weight excluding hydrogens is 354 g/mol. The maximum atomic E-state index is 11.8. The van der Waals surface area contributed by atoms with Gasteiger partial charge in [-0.25, -0.2) is 0 Å². The number of carbonyl (C=O) groups excluding carboxylic acids is 1. The molecule has 0 spiro atoms. The normalized spacial score (nSPS) is 17.2. The molecule has 1 fully saturated rings. The van der Waals surface area contributed by atoms with Crippen molar-refractivity contribution in [2.24, 2.45) is 11.8 Å². The van der Waals surface area contributed by atoms with Gasteiger partial charge in [-0.05, 0) is 62.6 Å². The van der Waals surface area contributed by atoms with Gasteiger partial charge in [0, 0.05) is 11.0 Å². The molecule has 1 unspecified atom stereocenters. The molecule has 1 saturated carbocycles. The first-order valence-electron chi connectivity index (χ1n) is 5.31. The average molecular weight is 367 g/mol. The minimum absolute atomic E-state index is 0.0314. The van der Waals surface area contributed by atoms with Gasteiger partial charge in [-0.2, -0.15) is 0 Å². The van der Waals surface area contributed by atoms with Gasteiger partial charge in [-0.3, -0.25) is 4.79 Å². The van der Waals surface area contributed by atoms with Gasteiger partial charge in [-0.15, -0.1) is 11.3 Å². The first-order chi connectivity index (χ1) is 7.58. The van der Waals surface area contributed by atoms with E-state index in [1.54, 1.807) is 0 Å². The largest absolute Gasteiger partial charge is 0.351 e. The summed E-state index contributed by atoms with van der Waals surface area (Å²) in [5.41, 5.74) is 0. The summed E-state index contributed by atoms with van der Waals surface area (Å²) in [7, 11) is 0. The quantitative estimate of drug-likeness (QED) is 0.855. The summed E-state index contributed by atoms with van der Waals surface area (Å²) in [6, 6.07) is 1.85. The highest BCUT2D eigenvalue weighted by molar-refractivity contribution is 9.13. The summed E-state index contributed by atoms with van der Waals surface area (Å²) in [5, 5.41) is 2.99. The van der Waals surface area contributed by atoms with Gasteiger partial charge in [-0.1, -0.05) is 6.92 Å². The molecule has 5 heteroatoms. The molecule has 16 heavy (non-hydrogen) atoms. The van der Waals surface area contributed by atoms with Gasteiger partial charge in [0.05, 0.1) is 8.66 Å². The molecule has 0 saturated heterocycles. The third-order valence-electron chi connectivity index (χ3n) is 2.88. The highest BCUT2D eigenvalue weighted by atomic mass is 79.9. The SMILES string of the molecule is CC(CNC(=O)c1cc(Br)c(Br)s1)C1CC1. The Labute approximate surface area is 116 Å². The van der Waals surface area contributed by atoms with Crippen LogP contribution in [0.1, 0.15) is 29.4 Å². The molecular formula is C11H13Br2NOS. The second kappa shape index (κ2) is 5.19. The molecule has 0 aliphatic heterocycles. The molecule has 0 radical (unpaired) electrons. The number of rotatable bonds is 4. The molecule has 1 amide bonds. The molecule has 2 rings (SSSR count). The molecule has 1 N–H and O–H groups in total. The van der Waals surface area contributed by atoms with Crippen molar-refractivity contribution < 1.29 is 4.79 Å². The van der Waals surface area contributed by atoms with Gasteiger partial charge in [0.2, 0.25) is 0 Å². The first-order valence-corrected chi connectivity index (χ1v) is 7.71. The number of hydrogen-bond donors (Lipinski definition) is 1. The second-order valence-electron chi connectivity index (χ2n) is 4.26. The van der Waals surface area contributed by atoms with Crippen LogP contribution < -0.4 is 5.32 Å². The third-order valence-corrected chi connectivity index (χ3v) is 6.14. The van der Waals surface area contributed by atoms with Crippen molar-refractivity contribution in [1.29, 1.82) is 0 Å². The fraction of sp³-hybridized carbons (Fsp3) is 0.545. The maximum absolute atomic E-state index is 11.8. The molecule has 1 heterocycles. The minimum Gasteiger partial charge on any atom is -0.351 e. The molecule has 0 aromatic carbocycles. The van der Waals surface area contributed by atoms with Crippen LogP contribution in [0.3, 0.4) is 0 Å². The summed E-state index contributed by atoms with van der Waals surface area (Å²) < 4.78 is 1.91. The van der Waals surface area contributed by atoms with E-state index in [9.17, 15) is 4.79 Å². The van der Waals surface area contributed by atoms with E-state index in [0.29, 0.717) is 5.92 Å². The van der Waals surface area contributed by atoms with Crippen molar-refractivity contribution in [3.8, 4) is 0 Å². The minimum atomic E-state index is 0.0314. The molecule has 0 bridgehead atoms. The van der Waals surface area contributed by atoms with Crippen LogP contribution in [0.15, 0.2) is 14.3 Å². The smallest absolute Gasteiger partial charge is 0.261 e. The molecule has 2 nitrogen and oxygen atoms in total. The molecule has 88 valence electrons. The van der Waals surface area contributed by atoms with Gasteiger partial charge in [0.15, 0.2) is 0 Å². The van der Waals surface area contributed by atoms with E-state index < -0.39 is 0 Å². The van der Waals surface area contributed by atoms with Crippen molar-refractivity contribution >= 4 is 49.1 Å². The van der Waals surface area contributed by atoms with E-state index in [2.05, 4.69) is 44.1 Å². The lowest BCUT2D eigenvalue weighted by Gasteiger charge is -2.10. The Morgan fingerprint density at radius 1 is 1.62 bits per heavy atom. The van der Waals surface area contributed by atoms with Crippen LogP contribution in [0.5, 0.6) is 0 Å². The van der Waals surface area contributed by atoms with E-state index in [4.69, 9.17) is 0 Å². The maximum Gasteiger partial charge on any atom is 0.261 e. The van der Waals surface area contributed by atoms with Crippen LogP contribution in [-0.2, 0) is 0 Å². The van der Waals surface area contributed by atoms with Crippen LogP contribution in [0, 0.1) is 11.8 Å². The lowest BCUT2D eigenvalue weighted by molar-refractivity contribution is 0.0950. The van der Waals surface area contributed by atoms with Gasteiger partial charge < -0.3 is 5.32 Å². The van der Waals surface area contributed by atoms with Crippen LogP contribution in [0.25, 0.3) is 0 Å². The van der Waals surface area contributed by atoms with Crippen LogP contribution in [0.4, 0.5) is 0 Å². The Bertz CT molecular complexity index is 381. The number of carbonyl (C=O) groups is 1. The standard InChI is InChI=1S/C11H13Br2NOS/c1-6(7-2-3-7)5-14-11(15)9-4-8(12)10(13)16-9/h4,6-7H,2-3,5H2,1H3,(H,14,15). The summed E-state index contributed by atoms with van der Waals surface area (Å²) in [6.45, 7) is 2.99. The lowest BCUT2D eigenvalue weighted by atomic mass is 10.1. The predicted octanol–water partition coefficient (Wildman–Crippen LogP) is 4.05. The number of amides is 1. The van der Waals surface area contributed by atoms with E-state index in [1.807, 2.05) is 6.07 Å². The van der Waals surface area contributed by atoms with Gasteiger partial charge in [0.1, 0.15) is 0 Å². The summed E-state index contributed by atoms with van der Waals surface area (Å²) in [4.78, 5) is 12.6. The Balaban J connectivity index is 1.87. The first kappa shape index (κ1) is 12.6. The number of thiophene rings is 1. The third kappa shape index (κ3) is 3.08. The van der Waals surface area contributed by atoms with Crippen LogP contribution in [0.2, 0.25) is 0 Å². The van der Waals surface area contributed by atoms with E-state index in [1.165, 1.54) is 24.2 Å². The molecule has 1 atom stereocenters. The zero-order valence-corrected chi connectivity index (χ0v) is 12.9. The second-order valence-corrected chi connectivity index (χ2v) is 7.48. The predicted molar refractivity (Wildman–Crippen MR) is 73.9 cm³/mol. The fourth-order valence-electron chi connectivity index (χ4n) is 1.63. The number of hydrogen-bond acceptors (Lipinski definition) is 2. The molecule has 1 aromatic heterocycles. The highest BCUT2D eigenvalue weighted by Crippen LogP contribution is 2.36. The van der Waals surface area contributed by atoms with Gasteiger partial charge >= 0.3 is 0 Å². The van der Waals surface area contributed by atoms with Crippen LogP contribution >= 0.6 is 43.2 Å². The number of halogens is 2. The van der Waals surface area contributed by atoms with Crippen LogP contribution in [-0.4, -0.2) is 12.5 Å². The highest BCUT2D eigenvalue weighted by Gasteiger charge is 2.28. The summed E-state index contributed by atoms with van der Waals surface area (Å²) in [5.74, 6) is 1.47. The van der Waals surface area contributed by atoms with Crippen molar-refractivity contribution in [2.45, 2.75) is 19.8 Å². The zero-order chi connectivity index (χ0) is 11.7. The molecule has 1 aliphatic rings. The van der Waals surface area contributed by atoms with Crippen molar-refractivity contribution in [3.05, 3.63) is 19.2 Å². The Kier molecular flexibility index (Phi) is 4.08. The summed E-state index contributed by atoms with van der Waals surface area (Å²) >= 11 is 8.23. The fourth-order valence-corrected chi connectivity index (χ4v) is 3.58. The average Bonchev–Trinajstić information content (AvgIpc) is 3.03. The Morgan fingerprint density at radius 2 is 2.31 bits per heavy atom. The summed E-state index contributed by atoms with van der Waals surface area (Å²) in [6.07, 6.45) is 2.65. The van der Waals surface area contributed by atoms with E-state index >= 15 is 0 Å². The molecule has 1 aromatic rings. The van der Waals surface area contributed by atoms with Crippen molar-refractivity contribution in [1.82, 2.24) is 5.32 Å². The van der Waals surface area contributed by atoms with E-state index in [0.717, 1.165) is 25.6 Å². The lowest BCUT2D eigenvalue weighted by Crippen LogP contribution is -2.28. The van der Waals surface area contributed by atoms with E-state index in [-0.39, 0.29) is 5.91 Å².